The van der Waals surface area contributed by atoms with Crippen molar-refractivity contribution in [3.05, 3.63) is 45.9 Å². The van der Waals surface area contributed by atoms with E-state index in [0.29, 0.717) is 5.56 Å². The first-order chi connectivity index (χ1) is 9.52. The molecule has 1 aromatic heterocycles. The average molecular weight is 278 g/mol. The third-order valence-electron chi connectivity index (χ3n) is 2.59. The van der Waals surface area contributed by atoms with Crippen molar-refractivity contribution in [1.82, 2.24) is 9.97 Å². The summed E-state index contributed by atoms with van der Waals surface area (Å²) in [5, 5.41) is 13.5. The first-order valence-corrected chi connectivity index (χ1v) is 5.65. The molecule has 2 aromatic rings. The summed E-state index contributed by atoms with van der Waals surface area (Å²) in [5.74, 6) is -0.703. The lowest BCUT2D eigenvalue weighted by Crippen LogP contribution is -2.01. The number of ether oxygens (including phenoxy) is 1. The van der Waals surface area contributed by atoms with Crippen LogP contribution in [0.15, 0.2) is 24.4 Å². The Hall–Kier alpha value is -2.77. The molecule has 0 bridgehead atoms. The lowest BCUT2D eigenvalue weighted by molar-refractivity contribution is -0.385. The molecule has 0 amide bonds. The molecule has 0 fully saturated rings. The first-order valence-electron chi connectivity index (χ1n) is 5.65. The molecule has 0 aliphatic rings. The summed E-state index contributed by atoms with van der Waals surface area (Å²) in [5.41, 5.74) is 0.187. The van der Waals surface area contributed by atoms with Gasteiger partial charge in [0.15, 0.2) is 0 Å². The minimum atomic E-state index is -0.755. The number of aromatic nitrogens is 2. The zero-order valence-electron chi connectivity index (χ0n) is 10.8. The zero-order chi connectivity index (χ0) is 14.7. The van der Waals surface area contributed by atoms with Crippen LogP contribution in [0.4, 0.5) is 16.0 Å². The summed E-state index contributed by atoms with van der Waals surface area (Å²) in [6.45, 7) is 1.52. The second-order valence-corrected chi connectivity index (χ2v) is 3.86. The third kappa shape index (κ3) is 2.63. The van der Waals surface area contributed by atoms with Gasteiger partial charge in [-0.15, -0.1) is 0 Å². The van der Waals surface area contributed by atoms with Crippen LogP contribution in [-0.2, 0) is 0 Å². The summed E-state index contributed by atoms with van der Waals surface area (Å²) >= 11 is 0. The Kier molecular flexibility index (Phi) is 3.74. The number of anilines is 1. The summed E-state index contributed by atoms with van der Waals surface area (Å²) in [7, 11) is 1.58. The number of rotatable bonds is 4. The third-order valence-corrected chi connectivity index (χ3v) is 2.59. The van der Waals surface area contributed by atoms with Crippen LogP contribution >= 0.6 is 0 Å². The summed E-state index contributed by atoms with van der Waals surface area (Å²) in [6.07, 6.45) is 0.959. The predicted octanol–water partition coefficient (Wildman–Crippen LogP) is 2.67. The summed E-state index contributed by atoms with van der Waals surface area (Å²) < 4.78 is 18.9. The van der Waals surface area contributed by atoms with Crippen LogP contribution in [0.25, 0.3) is 0 Å². The van der Waals surface area contributed by atoms with Gasteiger partial charge in [-0.05, 0) is 13.0 Å². The highest BCUT2D eigenvalue weighted by Gasteiger charge is 2.17. The van der Waals surface area contributed by atoms with Gasteiger partial charge in [0.05, 0.1) is 16.7 Å². The topological polar surface area (TPSA) is 90.2 Å². The zero-order valence-corrected chi connectivity index (χ0v) is 10.8. The SMILES string of the molecule is CNc1ncc(F)c(Oc2cccc([N+](=O)[O-])c2C)n1. The number of hydrogen-bond donors (Lipinski definition) is 1. The molecule has 0 saturated heterocycles. The molecule has 1 N–H and O–H groups in total. The fourth-order valence-electron chi connectivity index (χ4n) is 1.56. The molecule has 20 heavy (non-hydrogen) atoms. The Labute approximate surface area is 113 Å². The Morgan fingerprint density at radius 3 is 2.85 bits per heavy atom. The standard InChI is InChI=1S/C12H11FN4O3/c1-7-9(17(18)19)4-3-5-10(7)20-11-8(13)6-15-12(14-2)16-11/h3-6H,1-2H3,(H,14,15,16). The summed E-state index contributed by atoms with van der Waals surface area (Å²) in [6, 6.07) is 4.30. The van der Waals surface area contributed by atoms with Gasteiger partial charge in [-0.3, -0.25) is 10.1 Å². The fourth-order valence-corrected chi connectivity index (χ4v) is 1.56. The van der Waals surface area contributed by atoms with E-state index in [2.05, 4.69) is 15.3 Å². The minimum absolute atomic E-state index is 0.106. The van der Waals surface area contributed by atoms with Crippen LogP contribution in [-0.4, -0.2) is 21.9 Å². The fraction of sp³-hybridized carbons (Fsp3) is 0.167. The van der Waals surface area contributed by atoms with E-state index >= 15 is 0 Å². The maximum absolute atomic E-state index is 13.6. The molecule has 0 saturated carbocycles. The summed E-state index contributed by atoms with van der Waals surface area (Å²) in [4.78, 5) is 17.8. The number of nitro groups is 1. The van der Waals surface area contributed by atoms with Gasteiger partial charge in [0.1, 0.15) is 5.75 Å². The van der Waals surface area contributed by atoms with Crippen LogP contribution in [0.2, 0.25) is 0 Å². The molecule has 0 aliphatic carbocycles. The van der Waals surface area contributed by atoms with E-state index in [4.69, 9.17) is 4.74 Å². The first kappa shape index (κ1) is 13.7. The second kappa shape index (κ2) is 5.47. The highest BCUT2D eigenvalue weighted by Crippen LogP contribution is 2.31. The van der Waals surface area contributed by atoms with Crippen LogP contribution in [0.3, 0.4) is 0 Å². The second-order valence-electron chi connectivity index (χ2n) is 3.86. The van der Waals surface area contributed by atoms with Gasteiger partial charge >= 0.3 is 0 Å². The van der Waals surface area contributed by atoms with E-state index in [1.54, 1.807) is 7.05 Å². The van der Waals surface area contributed by atoms with Gasteiger partial charge in [-0.25, -0.2) is 4.98 Å². The van der Waals surface area contributed by atoms with Gasteiger partial charge in [0, 0.05) is 13.1 Å². The van der Waals surface area contributed by atoms with Crippen molar-refractivity contribution in [2.45, 2.75) is 6.92 Å². The molecule has 2 rings (SSSR count). The molecule has 0 radical (unpaired) electrons. The van der Waals surface area contributed by atoms with Crippen molar-refractivity contribution in [3.8, 4) is 11.6 Å². The molecule has 0 aliphatic heterocycles. The van der Waals surface area contributed by atoms with Crippen molar-refractivity contribution in [1.29, 1.82) is 0 Å². The van der Waals surface area contributed by atoms with Crippen molar-refractivity contribution in [3.63, 3.8) is 0 Å². The molecule has 0 unspecified atom stereocenters. The van der Waals surface area contributed by atoms with Gasteiger partial charge in [-0.1, -0.05) is 6.07 Å². The molecule has 8 heteroatoms. The van der Waals surface area contributed by atoms with Gasteiger partial charge < -0.3 is 10.1 Å². The number of nitrogens with zero attached hydrogens (tertiary/aromatic N) is 3. The van der Waals surface area contributed by atoms with E-state index in [9.17, 15) is 14.5 Å². The molecular weight excluding hydrogens is 267 g/mol. The normalized spacial score (nSPS) is 10.2. The van der Waals surface area contributed by atoms with E-state index in [0.717, 1.165) is 6.20 Å². The Bertz CT molecular complexity index is 663. The maximum atomic E-state index is 13.6. The van der Waals surface area contributed by atoms with Crippen LogP contribution in [0.1, 0.15) is 5.56 Å². The van der Waals surface area contributed by atoms with Crippen molar-refractivity contribution < 1.29 is 14.1 Å². The molecule has 1 heterocycles. The van der Waals surface area contributed by atoms with Crippen LogP contribution in [0.5, 0.6) is 11.6 Å². The molecule has 0 spiro atoms. The Morgan fingerprint density at radius 1 is 1.45 bits per heavy atom. The van der Waals surface area contributed by atoms with E-state index < -0.39 is 10.7 Å². The molecule has 7 nitrogen and oxygen atoms in total. The number of nitro benzene ring substituents is 1. The highest BCUT2D eigenvalue weighted by molar-refractivity contribution is 5.49. The number of halogens is 1. The van der Waals surface area contributed by atoms with E-state index in [-0.39, 0.29) is 23.3 Å². The Balaban J connectivity index is 2.40. The highest BCUT2D eigenvalue weighted by atomic mass is 19.1. The Morgan fingerprint density at radius 2 is 2.20 bits per heavy atom. The number of benzene rings is 1. The molecule has 104 valence electrons. The van der Waals surface area contributed by atoms with Crippen molar-refractivity contribution >= 4 is 11.6 Å². The monoisotopic (exact) mass is 278 g/mol. The number of nitrogens with one attached hydrogen (secondary N) is 1. The smallest absolute Gasteiger partial charge is 0.276 e. The average Bonchev–Trinajstić information content (AvgIpc) is 2.43. The van der Waals surface area contributed by atoms with Crippen LogP contribution < -0.4 is 10.1 Å². The van der Waals surface area contributed by atoms with Crippen molar-refractivity contribution in [2.75, 3.05) is 12.4 Å². The van der Waals surface area contributed by atoms with E-state index in [1.807, 2.05) is 0 Å². The minimum Gasteiger partial charge on any atom is -0.436 e. The lowest BCUT2D eigenvalue weighted by atomic mass is 10.2. The largest absolute Gasteiger partial charge is 0.436 e. The molecular formula is C12H11FN4O3. The maximum Gasteiger partial charge on any atom is 0.276 e. The van der Waals surface area contributed by atoms with Crippen LogP contribution in [0, 0.1) is 22.9 Å². The van der Waals surface area contributed by atoms with Gasteiger partial charge in [-0.2, -0.15) is 9.37 Å². The quantitative estimate of drug-likeness (QED) is 0.683. The van der Waals surface area contributed by atoms with Gasteiger partial charge in [0.2, 0.25) is 11.8 Å². The molecule has 0 atom stereocenters. The van der Waals surface area contributed by atoms with Gasteiger partial charge in [0.25, 0.3) is 11.6 Å². The molecule has 1 aromatic carbocycles. The number of hydrogen-bond acceptors (Lipinski definition) is 6. The van der Waals surface area contributed by atoms with E-state index in [1.165, 1.54) is 25.1 Å². The lowest BCUT2D eigenvalue weighted by Gasteiger charge is -2.09. The predicted molar refractivity (Wildman–Crippen MR) is 69.4 cm³/mol. The van der Waals surface area contributed by atoms with Crippen molar-refractivity contribution in [2.24, 2.45) is 0 Å².